The molecule has 0 fully saturated rings. The predicted molar refractivity (Wildman–Crippen MR) is 74.8 cm³/mol. The lowest BCUT2D eigenvalue weighted by molar-refractivity contribution is -0.384. The lowest BCUT2D eigenvalue weighted by Crippen LogP contribution is -2.41. The number of hydrogen-bond acceptors (Lipinski definition) is 6. The second-order valence-corrected chi connectivity index (χ2v) is 4.19. The number of non-ortho nitro benzene ring substituents is 1. The van der Waals surface area contributed by atoms with E-state index in [1.807, 2.05) is 0 Å². The SMILES string of the molecule is NCCN[C@H](CC(=O)Nc1cccc([N+](=O)[O-])c1)C(=O)O. The van der Waals surface area contributed by atoms with E-state index in [2.05, 4.69) is 10.6 Å². The summed E-state index contributed by atoms with van der Waals surface area (Å²) in [7, 11) is 0. The van der Waals surface area contributed by atoms with Crippen LogP contribution in [-0.4, -0.2) is 41.0 Å². The van der Waals surface area contributed by atoms with E-state index in [1.165, 1.54) is 24.3 Å². The van der Waals surface area contributed by atoms with Crippen molar-refractivity contribution in [1.29, 1.82) is 0 Å². The number of carboxylic acid groups (broad SMARTS) is 1. The molecule has 0 saturated heterocycles. The van der Waals surface area contributed by atoms with Gasteiger partial charge in [0.25, 0.3) is 5.69 Å². The molecule has 1 atom stereocenters. The zero-order valence-corrected chi connectivity index (χ0v) is 11.1. The molecule has 0 saturated carbocycles. The minimum absolute atomic E-state index is 0.163. The Morgan fingerprint density at radius 1 is 1.43 bits per heavy atom. The summed E-state index contributed by atoms with van der Waals surface area (Å²) >= 11 is 0. The molecule has 1 amide bonds. The van der Waals surface area contributed by atoms with Crippen molar-refractivity contribution >= 4 is 23.3 Å². The van der Waals surface area contributed by atoms with E-state index >= 15 is 0 Å². The number of hydrogen-bond donors (Lipinski definition) is 4. The third kappa shape index (κ3) is 5.55. The van der Waals surface area contributed by atoms with Crippen molar-refractivity contribution in [2.45, 2.75) is 12.5 Å². The topological polar surface area (TPSA) is 148 Å². The molecule has 0 aliphatic heterocycles. The summed E-state index contributed by atoms with van der Waals surface area (Å²) in [4.78, 5) is 32.8. The zero-order valence-electron chi connectivity index (χ0n) is 11.1. The fourth-order valence-corrected chi connectivity index (χ4v) is 1.60. The monoisotopic (exact) mass is 296 g/mol. The van der Waals surface area contributed by atoms with Gasteiger partial charge in [0.15, 0.2) is 0 Å². The van der Waals surface area contributed by atoms with Crippen LogP contribution in [0.25, 0.3) is 0 Å². The minimum atomic E-state index is -1.17. The molecule has 0 aromatic heterocycles. The molecule has 5 N–H and O–H groups in total. The molecule has 0 radical (unpaired) electrons. The van der Waals surface area contributed by atoms with Crippen molar-refractivity contribution in [2.75, 3.05) is 18.4 Å². The van der Waals surface area contributed by atoms with Gasteiger partial charge in [0, 0.05) is 30.9 Å². The van der Waals surface area contributed by atoms with Gasteiger partial charge in [-0.2, -0.15) is 0 Å². The molecule has 9 heteroatoms. The third-order valence-electron chi connectivity index (χ3n) is 2.56. The first-order chi connectivity index (χ1) is 9.93. The highest BCUT2D eigenvalue weighted by atomic mass is 16.6. The minimum Gasteiger partial charge on any atom is -0.480 e. The molecule has 0 aliphatic rings. The smallest absolute Gasteiger partial charge is 0.321 e. The van der Waals surface area contributed by atoms with E-state index in [-0.39, 0.29) is 30.9 Å². The molecule has 0 spiro atoms. The van der Waals surface area contributed by atoms with Gasteiger partial charge in [0.05, 0.1) is 11.3 Å². The lowest BCUT2D eigenvalue weighted by Gasteiger charge is -2.13. The maximum absolute atomic E-state index is 11.8. The first-order valence-corrected chi connectivity index (χ1v) is 6.14. The summed E-state index contributed by atoms with van der Waals surface area (Å²) in [6.07, 6.45) is -0.308. The fourth-order valence-electron chi connectivity index (χ4n) is 1.60. The second-order valence-electron chi connectivity index (χ2n) is 4.19. The Kier molecular flexibility index (Phi) is 6.24. The Bertz CT molecular complexity index is 534. The van der Waals surface area contributed by atoms with E-state index in [0.717, 1.165) is 0 Å². The van der Waals surface area contributed by atoms with Crippen molar-refractivity contribution in [2.24, 2.45) is 5.73 Å². The van der Waals surface area contributed by atoms with Crippen molar-refractivity contribution in [3.63, 3.8) is 0 Å². The Hall–Kier alpha value is -2.52. The summed E-state index contributed by atoms with van der Waals surface area (Å²) in [6.45, 7) is 0.511. The van der Waals surface area contributed by atoms with Crippen LogP contribution >= 0.6 is 0 Å². The Labute approximate surface area is 120 Å². The molecule has 1 aromatic carbocycles. The first kappa shape index (κ1) is 16.5. The number of anilines is 1. The van der Waals surface area contributed by atoms with Gasteiger partial charge in [0.2, 0.25) is 5.91 Å². The van der Waals surface area contributed by atoms with Gasteiger partial charge < -0.3 is 21.5 Å². The highest BCUT2D eigenvalue weighted by molar-refractivity contribution is 5.94. The normalized spacial score (nSPS) is 11.7. The molecule has 0 unspecified atom stereocenters. The van der Waals surface area contributed by atoms with E-state index < -0.39 is 22.8 Å². The van der Waals surface area contributed by atoms with Crippen LogP contribution in [-0.2, 0) is 9.59 Å². The van der Waals surface area contributed by atoms with Gasteiger partial charge in [-0.25, -0.2) is 0 Å². The largest absolute Gasteiger partial charge is 0.480 e. The van der Waals surface area contributed by atoms with E-state index in [4.69, 9.17) is 10.8 Å². The Balaban J connectivity index is 2.65. The van der Waals surface area contributed by atoms with Gasteiger partial charge in [-0.3, -0.25) is 19.7 Å². The van der Waals surface area contributed by atoms with Crippen LogP contribution in [0.4, 0.5) is 11.4 Å². The fraction of sp³-hybridized carbons (Fsp3) is 0.333. The van der Waals surface area contributed by atoms with Gasteiger partial charge >= 0.3 is 5.97 Å². The average Bonchev–Trinajstić information content (AvgIpc) is 2.43. The molecule has 21 heavy (non-hydrogen) atoms. The molecule has 1 aromatic rings. The van der Waals surface area contributed by atoms with Crippen molar-refractivity contribution < 1.29 is 19.6 Å². The van der Waals surface area contributed by atoms with Gasteiger partial charge in [0.1, 0.15) is 6.04 Å². The molecule has 9 nitrogen and oxygen atoms in total. The maximum Gasteiger partial charge on any atom is 0.321 e. The number of rotatable bonds is 8. The number of nitrogens with one attached hydrogen (secondary N) is 2. The molecule has 0 bridgehead atoms. The number of carbonyl (C=O) groups is 2. The van der Waals surface area contributed by atoms with Crippen LogP contribution in [0.3, 0.4) is 0 Å². The van der Waals surface area contributed by atoms with Gasteiger partial charge in [-0.05, 0) is 6.07 Å². The number of nitrogens with two attached hydrogens (primary N) is 1. The number of amides is 1. The maximum atomic E-state index is 11.8. The highest BCUT2D eigenvalue weighted by Crippen LogP contribution is 2.17. The van der Waals surface area contributed by atoms with Crippen LogP contribution in [0.2, 0.25) is 0 Å². The summed E-state index contributed by atoms with van der Waals surface area (Å²) in [6, 6.07) is 4.33. The number of benzene rings is 1. The number of carbonyl (C=O) groups excluding carboxylic acids is 1. The van der Waals surface area contributed by atoms with E-state index in [9.17, 15) is 19.7 Å². The van der Waals surface area contributed by atoms with Crippen molar-refractivity contribution in [3.8, 4) is 0 Å². The van der Waals surface area contributed by atoms with Crippen LogP contribution < -0.4 is 16.4 Å². The molecule has 1 rings (SSSR count). The summed E-state index contributed by atoms with van der Waals surface area (Å²) in [5.74, 6) is -1.73. The molecule has 0 aliphatic carbocycles. The number of carboxylic acids is 1. The Morgan fingerprint density at radius 2 is 2.14 bits per heavy atom. The lowest BCUT2D eigenvalue weighted by atomic mass is 10.2. The quantitative estimate of drug-likeness (QED) is 0.387. The summed E-state index contributed by atoms with van der Waals surface area (Å²) in [5, 5.41) is 24.6. The number of nitro groups is 1. The third-order valence-corrected chi connectivity index (χ3v) is 2.56. The van der Waals surface area contributed by atoms with Crippen molar-refractivity contribution in [1.82, 2.24) is 5.32 Å². The van der Waals surface area contributed by atoms with Crippen LogP contribution in [0.1, 0.15) is 6.42 Å². The first-order valence-electron chi connectivity index (χ1n) is 6.14. The van der Waals surface area contributed by atoms with Crippen LogP contribution in [0.15, 0.2) is 24.3 Å². The summed E-state index contributed by atoms with van der Waals surface area (Å²) in [5.41, 5.74) is 5.33. The summed E-state index contributed by atoms with van der Waals surface area (Å²) < 4.78 is 0. The Morgan fingerprint density at radius 3 is 2.71 bits per heavy atom. The van der Waals surface area contributed by atoms with Gasteiger partial charge in [-0.15, -0.1) is 0 Å². The molecular formula is C12H16N4O5. The average molecular weight is 296 g/mol. The van der Waals surface area contributed by atoms with Crippen molar-refractivity contribution in [3.05, 3.63) is 34.4 Å². The van der Waals surface area contributed by atoms with E-state index in [1.54, 1.807) is 0 Å². The zero-order chi connectivity index (χ0) is 15.8. The number of aliphatic carboxylic acids is 1. The molecular weight excluding hydrogens is 280 g/mol. The van der Waals surface area contributed by atoms with Crippen LogP contribution in [0.5, 0.6) is 0 Å². The number of nitro benzene ring substituents is 1. The second kappa shape index (κ2) is 7.92. The van der Waals surface area contributed by atoms with Crippen LogP contribution in [0, 0.1) is 10.1 Å². The number of nitrogens with zero attached hydrogens (tertiary/aromatic N) is 1. The highest BCUT2D eigenvalue weighted by Gasteiger charge is 2.20. The predicted octanol–water partition coefficient (Wildman–Crippen LogP) is -0.0751. The molecule has 0 heterocycles. The van der Waals surface area contributed by atoms with Gasteiger partial charge in [-0.1, -0.05) is 6.07 Å². The standard InChI is InChI=1S/C12H16N4O5/c13-4-5-14-10(12(18)19)7-11(17)15-8-2-1-3-9(6-8)16(20)21/h1-3,6,10,14H,4-5,7,13H2,(H,15,17)(H,18,19)/t10-/m1/s1. The van der Waals surface area contributed by atoms with E-state index in [0.29, 0.717) is 0 Å². The molecule has 114 valence electrons.